The van der Waals surface area contributed by atoms with Crippen molar-refractivity contribution < 1.29 is 14.3 Å². The molecule has 2 N–H and O–H groups in total. The molecule has 32 heavy (non-hydrogen) atoms. The summed E-state index contributed by atoms with van der Waals surface area (Å²) in [5.74, 6) is -0.723. The molecule has 0 saturated heterocycles. The van der Waals surface area contributed by atoms with E-state index in [4.69, 9.17) is 4.42 Å². The van der Waals surface area contributed by atoms with Crippen molar-refractivity contribution in [2.24, 2.45) is 0 Å². The van der Waals surface area contributed by atoms with E-state index in [0.717, 1.165) is 5.56 Å². The van der Waals surface area contributed by atoms with E-state index < -0.39 is 5.97 Å². The molecule has 0 saturated carbocycles. The highest BCUT2D eigenvalue weighted by atomic mass is 16.4. The Hall–Kier alpha value is -4.37. The molecule has 0 spiro atoms. The maximum Gasteiger partial charge on any atom is 0.337 e. The number of hydrogen-bond acceptors (Lipinski definition) is 5. The zero-order valence-corrected chi connectivity index (χ0v) is 17.5. The van der Waals surface area contributed by atoms with Crippen LogP contribution in [0.4, 0.5) is 5.69 Å². The quantitative estimate of drug-likeness (QED) is 0.438. The summed E-state index contributed by atoms with van der Waals surface area (Å²) in [5.41, 5.74) is 3.36. The Kier molecular flexibility index (Phi) is 5.48. The van der Waals surface area contributed by atoms with E-state index in [1.165, 1.54) is 12.1 Å². The number of carboxylic acid groups (broad SMARTS) is 1. The number of aryl methyl sites for hydroxylation is 1. The smallest absolute Gasteiger partial charge is 0.337 e. The molecule has 0 aliphatic carbocycles. The van der Waals surface area contributed by atoms with Crippen molar-refractivity contribution in [3.8, 4) is 17.4 Å². The van der Waals surface area contributed by atoms with E-state index in [0.29, 0.717) is 39.1 Å². The first-order valence-corrected chi connectivity index (χ1v) is 10.1. The fourth-order valence-corrected chi connectivity index (χ4v) is 3.79. The van der Waals surface area contributed by atoms with Crippen molar-refractivity contribution in [2.75, 3.05) is 5.32 Å². The average Bonchev–Trinajstić information content (AvgIpc) is 2.79. The summed E-state index contributed by atoms with van der Waals surface area (Å²) < 4.78 is 6.19. The predicted octanol–water partition coefficient (Wildman–Crippen LogP) is 5.51. The van der Waals surface area contributed by atoms with Gasteiger partial charge in [0, 0.05) is 22.9 Å². The summed E-state index contributed by atoms with van der Waals surface area (Å²) in [5, 5.41) is 22.6. The van der Waals surface area contributed by atoms with E-state index in [9.17, 15) is 20.0 Å². The zero-order valence-electron chi connectivity index (χ0n) is 17.5. The second-order valence-corrected chi connectivity index (χ2v) is 7.58. The summed E-state index contributed by atoms with van der Waals surface area (Å²) >= 11 is 0. The molecule has 0 amide bonds. The lowest BCUT2D eigenvalue weighted by Crippen LogP contribution is -2.12. The molecule has 4 aromatic rings. The van der Waals surface area contributed by atoms with Crippen LogP contribution in [0.15, 0.2) is 75.9 Å². The average molecular weight is 424 g/mol. The summed E-state index contributed by atoms with van der Waals surface area (Å²) in [7, 11) is 0. The minimum absolute atomic E-state index is 0.154. The molecule has 4 rings (SSSR count). The molecule has 0 aliphatic heterocycles. The number of nitrogens with one attached hydrogen (secondary N) is 1. The van der Waals surface area contributed by atoms with Crippen LogP contribution in [-0.2, 0) is 0 Å². The number of para-hydroxylation sites is 1. The lowest BCUT2D eigenvalue weighted by Gasteiger charge is -2.19. The lowest BCUT2D eigenvalue weighted by atomic mass is 9.99. The second-order valence-electron chi connectivity index (χ2n) is 7.58. The van der Waals surface area contributed by atoms with Crippen LogP contribution < -0.4 is 10.7 Å². The zero-order chi connectivity index (χ0) is 22.8. The summed E-state index contributed by atoms with van der Waals surface area (Å²) in [6.07, 6.45) is 0. The van der Waals surface area contributed by atoms with Crippen LogP contribution in [-0.4, -0.2) is 11.1 Å². The van der Waals surface area contributed by atoms with E-state index in [1.807, 2.05) is 19.9 Å². The Morgan fingerprint density at radius 3 is 2.56 bits per heavy atom. The fourth-order valence-electron chi connectivity index (χ4n) is 3.79. The number of benzene rings is 3. The van der Waals surface area contributed by atoms with E-state index in [2.05, 4.69) is 11.4 Å². The molecule has 0 radical (unpaired) electrons. The number of nitrogens with zero attached hydrogens (tertiary/aromatic N) is 1. The van der Waals surface area contributed by atoms with E-state index in [1.54, 1.807) is 48.5 Å². The standard InChI is InChI=1S/C26H20N2O4/c1-15-11-20(16(2)28-22-10-6-5-9-19(22)26(30)31)25-21(12-15)23(29)13-24(32-25)18-8-4-3-7-17(18)14-27/h3-13,16,28H,1-2H3,(H,30,31). The third-order valence-electron chi connectivity index (χ3n) is 5.31. The maximum absolute atomic E-state index is 13.0. The van der Waals surface area contributed by atoms with Crippen molar-refractivity contribution in [2.45, 2.75) is 19.9 Å². The number of carboxylic acids is 1. The molecule has 1 atom stereocenters. The lowest BCUT2D eigenvalue weighted by molar-refractivity contribution is 0.0698. The van der Waals surface area contributed by atoms with Gasteiger partial charge in [-0.1, -0.05) is 30.3 Å². The molecule has 6 nitrogen and oxygen atoms in total. The van der Waals surface area contributed by atoms with Gasteiger partial charge in [-0.2, -0.15) is 5.26 Å². The molecule has 1 unspecified atom stereocenters. The fraction of sp³-hybridized carbons (Fsp3) is 0.115. The molecule has 0 bridgehead atoms. The Bertz CT molecular complexity index is 1450. The monoisotopic (exact) mass is 424 g/mol. The van der Waals surface area contributed by atoms with Gasteiger partial charge in [-0.3, -0.25) is 4.79 Å². The number of anilines is 1. The number of aromatic carboxylic acids is 1. The minimum Gasteiger partial charge on any atom is -0.478 e. The second kappa shape index (κ2) is 8.40. The summed E-state index contributed by atoms with van der Waals surface area (Å²) in [6, 6.07) is 20.4. The Balaban J connectivity index is 1.88. The van der Waals surface area contributed by atoms with Gasteiger partial charge >= 0.3 is 5.97 Å². The topological polar surface area (TPSA) is 103 Å². The third-order valence-corrected chi connectivity index (χ3v) is 5.31. The SMILES string of the molecule is Cc1cc(C(C)Nc2ccccc2C(=O)O)c2oc(-c3ccccc3C#N)cc(=O)c2c1. The van der Waals surface area contributed by atoms with Crippen LogP contribution in [0.5, 0.6) is 0 Å². The highest BCUT2D eigenvalue weighted by Gasteiger charge is 2.19. The van der Waals surface area contributed by atoms with Gasteiger partial charge in [0.15, 0.2) is 5.43 Å². The number of fused-ring (bicyclic) bond motifs is 1. The van der Waals surface area contributed by atoms with Crippen LogP contribution in [0.2, 0.25) is 0 Å². The van der Waals surface area contributed by atoms with Crippen LogP contribution >= 0.6 is 0 Å². The van der Waals surface area contributed by atoms with Gasteiger partial charge in [-0.05, 0) is 49.7 Å². The highest BCUT2D eigenvalue weighted by Crippen LogP contribution is 2.32. The molecule has 0 aliphatic rings. The molecule has 158 valence electrons. The predicted molar refractivity (Wildman–Crippen MR) is 123 cm³/mol. The maximum atomic E-state index is 13.0. The Morgan fingerprint density at radius 1 is 1.09 bits per heavy atom. The Morgan fingerprint density at radius 2 is 1.81 bits per heavy atom. The summed E-state index contributed by atoms with van der Waals surface area (Å²) in [4.78, 5) is 24.5. The molecular formula is C26H20N2O4. The van der Waals surface area contributed by atoms with Crippen molar-refractivity contribution in [1.82, 2.24) is 0 Å². The third kappa shape index (κ3) is 3.84. The number of nitriles is 1. The number of carbonyl (C=O) groups is 1. The molecule has 1 aromatic heterocycles. The van der Waals surface area contributed by atoms with Gasteiger partial charge in [0.1, 0.15) is 11.3 Å². The van der Waals surface area contributed by atoms with Crippen molar-refractivity contribution in [3.05, 3.63) is 99.2 Å². The highest BCUT2D eigenvalue weighted by molar-refractivity contribution is 5.94. The molecule has 6 heteroatoms. The van der Waals surface area contributed by atoms with Gasteiger partial charge in [0.25, 0.3) is 0 Å². The minimum atomic E-state index is -1.03. The first-order chi connectivity index (χ1) is 15.4. The van der Waals surface area contributed by atoms with Gasteiger partial charge < -0.3 is 14.8 Å². The first kappa shape index (κ1) is 20.9. The van der Waals surface area contributed by atoms with Crippen molar-refractivity contribution in [1.29, 1.82) is 5.26 Å². The van der Waals surface area contributed by atoms with Crippen molar-refractivity contribution >= 4 is 22.6 Å². The normalized spacial score (nSPS) is 11.7. The molecule has 1 heterocycles. The van der Waals surface area contributed by atoms with Gasteiger partial charge in [-0.25, -0.2) is 4.79 Å². The molecule has 3 aromatic carbocycles. The molecular weight excluding hydrogens is 404 g/mol. The van der Waals surface area contributed by atoms with Crippen LogP contribution in [0.25, 0.3) is 22.3 Å². The molecule has 0 fully saturated rings. The van der Waals surface area contributed by atoms with Crippen LogP contribution in [0, 0.1) is 18.3 Å². The largest absolute Gasteiger partial charge is 0.478 e. The van der Waals surface area contributed by atoms with Crippen LogP contribution in [0.3, 0.4) is 0 Å². The Labute approximate surface area is 184 Å². The van der Waals surface area contributed by atoms with Gasteiger partial charge in [-0.15, -0.1) is 0 Å². The first-order valence-electron chi connectivity index (χ1n) is 10.1. The van der Waals surface area contributed by atoms with E-state index in [-0.39, 0.29) is 17.0 Å². The van der Waals surface area contributed by atoms with Crippen LogP contribution in [0.1, 0.15) is 40.0 Å². The van der Waals surface area contributed by atoms with Crippen molar-refractivity contribution in [3.63, 3.8) is 0 Å². The van der Waals surface area contributed by atoms with E-state index >= 15 is 0 Å². The number of hydrogen-bond donors (Lipinski definition) is 2. The van der Waals surface area contributed by atoms with Gasteiger partial charge in [0.05, 0.1) is 28.6 Å². The van der Waals surface area contributed by atoms with Gasteiger partial charge in [0.2, 0.25) is 0 Å². The summed E-state index contributed by atoms with van der Waals surface area (Å²) in [6.45, 7) is 3.77. The number of rotatable bonds is 5.